The summed E-state index contributed by atoms with van der Waals surface area (Å²) in [6, 6.07) is 14.0. The van der Waals surface area contributed by atoms with Crippen LogP contribution in [0.15, 0.2) is 72.1 Å². The molecule has 0 spiro atoms. The lowest BCUT2D eigenvalue weighted by Gasteiger charge is -2.27. The molecule has 34 heavy (non-hydrogen) atoms. The quantitative estimate of drug-likeness (QED) is 0.489. The first-order valence-corrected chi connectivity index (χ1v) is 11.7. The van der Waals surface area contributed by atoms with Gasteiger partial charge in [0, 0.05) is 12.0 Å². The molecule has 3 aromatic rings. The van der Waals surface area contributed by atoms with Crippen LogP contribution in [0.1, 0.15) is 23.6 Å². The number of methoxy groups -OCH3 is 1. The summed E-state index contributed by atoms with van der Waals surface area (Å²) in [4.78, 5) is 11.8. The third kappa shape index (κ3) is 5.09. The van der Waals surface area contributed by atoms with Crippen molar-refractivity contribution >= 4 is 27.2 Å². The number of ether oxygens (including phenoxy) is 1. The van der Waals surface area contributed by atoms with E-state index in [-0.39, 0.29) is 33.9 Å². The van der Waals surface area contributed by atoms with Crippen LogP contribution >= 0.6 is 0 Å². The van der Waals surface area contributed by atoms with Crippen molar-refractivity contribution in [3.05, 3.63) is 95.6 Å². The Hall–Kier alpha value is -3.72. The molecule has 0 aromatic heterocycles. The largest absolute Gasteiger partial charge is 0.495 e. The third-order valence-electron chi connectivity index (χ3n) is 5.22. The Morgan fingerprint density at radius 3 is 2.15 bits per heavy atom. The summed E-state index contributed by atoms with van der Waals surface area (Å²) in [5, 5.41) is 0. The molecule has 9 heteroatoms. The Kier molecular flexibility index (Phi) is 7.36. The van der Waals surface area contributed by atoms with Gasteiger partial charge in [0.2, 0.25) is 5.91 Å². The maximum atomic E-state index is 14.4. The lowest BCUT2D eigenvalue weighted by atomic mass is 10.0. The number of rotatable bonds is 9. The summed E-state index contributed by atoms with van der Waals surface area (Å²) >= 11 is 0. The Labute approximate surface area is 197 Å². The number of carbonyl (C=O) groups is 1. The molecule has 0 aliphatic rings. The molecule has 178 valence electrons. The van der Waals surface area contributed by atoms with Gasteiger partial charge >= 0.3 is 0 Å². The minimum Gasteiger partial charge on any atom is -0.495 e. The smallest absolute Gasteiger partial charge is 0.264 e. The zero-order valence-electron chi connectivity index (χ0n) is 18.7. The van der Waals surface area contributed by atoms with Crippen LogP contribution in [-0.4, -0.2) is 28.0 Å². The predicted molar refractivity (Wildman–Crippen MR) is 127 cm³/mol. The van der Waals surface area contributed by atoms with Gasteiger partial charge in [0.25, 0.3) is 10.0 Å². The fourth-order valence-electron chi connectivity index (χ4n) is 3.51. The molecule has 0 radical (unpaired) electrons. The highest BCUT2D eigenvalue weighted by Crippen LogP contribution is 2.37. The maximum absolute atomic E-state index is 14.4. The Balaban J connectivity index is 2.21. The van der Waals surface area contributed by atoms with Crippen LogP contribution in [0.25, 0.3) is 5.57 Å². The minimum absolute atomic E-state index is 0.0320. The molecule has 0 aliphatic carbocycles. The summed E-state index contributed by atoms with van der Waals surface area (Å²) in [5.41, 5.74) is 6.83. The van der Waals surface area contributed by atoms with Crippen LogP contribution < -0.4 is 14.8 Å². The van der Waals surface area contributed by atoms with Crippen molar-refractivity contribution in [2.45, 2.75) is 18.2 Å². The van der Waals surface area contributed by atoms with Gasteiger partial charge in [-0.1, -0.05) is 42.5 Å². The summed E-state index contributed by atoms with van der Waals surface area (Å²) in [5.74, 6) is -2.39. The highest BCUT2D eigenvalue weighted by atomic mass is 32.2. The molecule has 3 aromatic carbocycles. The molecule has 2 N–H and O–H groups in total. The number of primary amides is 1. The second kappa shape index (κ2) is 10.0. The first-order chi connectivity index (χ1) is 16.1. The number of carbonyl (C=O) groups excluding carboxylic acids is 1. The van der Waals surface area contributed by atoms with E-state index in [2.05, 4.69) is 6.58 Å². The van der Waals surface area contributed by atoms with Crippen molar-refractivity contribution in [1.82, 2.24) is 0 Å². The number of amides is 1. The SMILES string of the molecule is C=C(C)c1ccc(S(=O)(=O)N(CC(N)=O)c2c(Cc3c(F)cccc3F)cccc2OC)cc1. The second-order valence-corrected chi connectivity index (χ2v) is 9.49. The molecule has 0 saturated carbocycles. The number of para-hydroxylation sites is 1. The second-order valence-electron chi connectivity index (χ2n) is 7.63. The number of nitrogens with two attached hydrogens (primary N) is 1. The number of allylic oxidation sites excluding steroid dienone is 1. The predicted octanol–water partition coefficient (Wildman–Crippen LogP) is 4.28. The minimum atomic E-state index is -4.32. The van der Waals surface area contributed by atoms with Gasteiger partial charge in [-0.2, -0.15) is 0 Å². The number of benzene rings is 3. The number of halogens is 2. The summed E-state index contributed by atoms with van der Waals surface area (Å²) in [7, 11) is -3.00. The Bertz CT molecular complexity index is 1320. The molecule has 0 saturated heterocycles. The number of nitrogens with zero attached hydrogens (tertiary/aromatic N) is 1. The number of anilines is 1. The summed E-state index contributed by atoms with van der Waals surface area (Å²) < 4.78 is 62.2. The van der Waals surface area contributed by atoms with E-state index >= 15 is 0 Å². The lowest BCUT2D eigenvalue weighted by Crippen LogP contribution is -2.39. The summed E-state index contributed by atoms with van der Waals surface area (Å²) in [6.07, 6.45) is -0.287. The number of hydrogen-bond acceptors (Lipinski definition) is 4. The van der Waals surface area contributed by atoms with Crippen LogP contribution in [0.4, 0.5) is 14.5 Å². The molecule has 0 unspecified atom stereocenters. The van der Waals surface area contributed by atoms with Crippen LogP contribution in [0.3, 0.4) is 0 Å². The molecule has 6 nitrogen and oxygen atoms in total. The number of sulfonamides is 1. The molecular formula is C25H24F2N2O4S. The first-order valence-electron chi connectivity index (χ1n) is 10.2. The Morgan fingerprint density at radius 2 is 1.62 bits per heavy atom. The zero-order valence-corrected chi connectivity index (χ0v) is 19.5. The highest BCUT2D eigenvalue weighted by Gasteiger charge is 2.31. The molecule has 0 aliphatic heterocycles. The number of hydrogen-bond donors (Lipinski definition) is 1. The third-order valence-corrected chi connectivity index (χ3v) is 6.98. The topological polar surface area (TPSA) is 89.7 Å². The standard InChI is InChI=1S/C25H24F2N2O4S/c1-16(2)17-10-12-19(13-11-17)34(31,32)29(15-24(28)30)25-18(6-4-9-23(25)33-3)14-20-21(26)7-5-8-22(20)27/h4-13H,1,14-15H2,2-3H3,(H2,28,30). The summed E-state index contributed by atoms with van der Waals surface area (Å²) in [6.45, 7) is 4.90. The van der Waals surface area contributed by atoms with E-state index in [4.69, 9.17) is 10.5 Å². The van der Waals surface area contributed by atoms with Gasteiger partial charge < -0.3 is 10.5 Å². The fraction of sp³-hybridized carbons (Fsp3) is 0.160. The van der Waals surface area contributed by atoms with Gasteiger partial charge in [0.05, 0.1) is 17.7 Å². The fourth-order valence-corrected chi connectivity index (χ4v) is 4.99. The molecular weight excluding hydrogens is 462 g/mol. The normalized spacial score (nSPS) is 11.2. The van der Waals surface area contributed by atoms with Gasteiger partial charge in [-0.05, 0) is 48.4 Å². The van der Waals surface area contributed by atoms with Gasteiger partial charge in [-0.15, -0.1) is 0 Å². The molecule has 0 heterocycles. The van der Waals surface area contributed by atoms with Crippen molar-refractivity contribution in [2.75, 3.05) is 18.0 Å². The zero-order chi connectivity index (χ0) is 25.0. The van der Waals surface area contributed by atoms with E-state index in [1.807, 2.05) is 0 Å². The van der Waals surface area contributed by atoms with Gasteiger partial charge in [0.1, 0.15) is 23.9 Å². The van der Waals surface area contributed by atoms with Crippen LogP contribution in [0.2, 0.25) is 0 Å². The van der Waals surface area contributed by atoms with Crippen LogP contribution in [0.5, 0.6) is 5.75 Å². The molecule has 0 bridgehead atoms. The molecule has 0 atom stereocenters. The first kappa shape index (κ1) is 24.9. The van der Waals surface area contributed by atoms with Crippen LogP contribution in [0, 0.1) is 11.6 Å². The maximum Gasteiger partial charge on any atom is 0.264 e. The van der Waals surface area contributed by atoms with Crippen molar-refractivity contribution in [2.24, 2.45) is 5.73 Å². The highest BCUT2D eigenvalue weighted by molar-refractivity contribution is 7.92. The van der Waals surface area contributed by atoms with Crippen molar-refractivity contribution in [3.8, 4) is 5.75 Å². The van der Waals surface area contributed by atoms with E-state index in [9.17, 15) is 22.0 Å². The van der Waals surface area contributed by atoms with E-state index in [1.54, 1.807) is 25.1 Å². The average Bonchev–Trinajstić information content (AvgIpc) is 2.79. The average molecular weight is 487 g/mol. The Morgan fingerprint density at radius 1 is 1.03 bits per heavy atom. The van der Waals surface area contributed by atoms with E-state index in [0.717, 1.165) is 27.6 Å². The molecule has 1 amide bonds. The monoisotopic (exact) mass is 486 g/mol. The van der Waals surface area contributed by atoms with Gasteiger partial charge in [-0.25, -0.2) is 17.2 Å². The molecule has 3 rings (SSSR count). The van der Waals surface area contributed by atoms with E-state index in [0.29, 0.717) is 0 Å². The van der Waals surface area contributed by atoms with E-state index in [1.165, 1.54) is 37.4 Å². The van der Waals surface area contributed by atoms with Gasteiger partial charge in [-0.3, -0.25) is 9.10 Å². The lowest BCUT2D eigenvalue weighted by molar-refractivity contribution is -0.116. The van der Waals surface area contributed by atoms with Gasteiger partial charge in [0.15, 0.2) is 0 Å². The van der Waals surface area contributed by atoms with Crippen LogP contribution in [-0.2, 0) is 21.2 Å². The molecule has 0 fully saturated rings. The van der Waals surface area contributed by atoms with Crippen molar-refractivity contribution in [3.63, 3.8) is 0 Å². The van der Waals surface area contributed by atoms with Crippen molar-refractivity contribution in [1.29, 1.82) is 0 Å². The van der Waals surface area contributed by atoms with Crippen molar-refractivity contribution < 1.29 is 26.7 Å². The van der Waals surface area contributed by atoms with E-state index < -0.39 is 34.1 Å².